The second-order valence-electron chi connectivity index (χ2n) is 3.98. The number of halogens is 1. The molecule has 0 unspecified atom stereocenters. The number of anilines is 2. The van der Waals surface area contributed by atoms with Gasteiger partial charge in [-0.05, 0) is 30.4 Å². The van der Waals surface area contributed by atoms with E-state index < -0.39 is 0 Å². The van der Waals surface area contributed by atoms with E-state index in [4.69, 9.17) is 28.6 Å². The van der Waals surface area contributed by atoms with Crippen LogP contribution in [0.2, 0.25) is 5.02 Å². The van der Waals surface area contributed by atoms with E-state index in [0.717, 1.165) is 36.0 Å². The zero-order chi connectivity index (χ0) is 13.0. The highest BCUT2D eigenvalue weighted by molar-refractivity contribution is 7.80. The molecule has 0 fully saturated rings. The van der Waals surface area contributed by atoms with Crippen LogP contribution in [0.4, 0.5) is 11.4 Å². The van der Waals surface area contributed by atoms with Gasteiger partial charge >= 0.3 is 0 Å². The maximum Gasteiger partial charge on any atom is 0.161 e. The van der Waals surface area contributed by atoms with Gasteiger partial charge in [-0.25, -0.2) is 0 Å². The van der Waals surface area contributed by atoms with Crippen LogP contribution in [0.5, 0.6) is 0 Å². The molecule has 5 heteroatoms. The molecule has 1 aromatic carbocycles. The number of benzene rings is 1. The van der Waals surface area contributed by atoms with E-state index in [9.17, 15) is 0 Å². The van der Waals surface area contributed by atoms with Crippen LogP contribution in [-0.2, 0) is 4.74 Å². The van der Waals surface area contributed by atoms with Crippen molar-refractivity contribution in [3.8, 4) is 0 Å². The van der Waals surface area contributed by atoms with E-state index in [1.54, 1.807) is 6.08 Å². The Kier molecular flexibility index (Phi) is 4.44. The minimum atomic E-state index is 0.472. The van der Waals surface area contributed by atoms with Crippen molar-refractivity contribution in [2.24, 2.45) is 0 Å². The molecule has 0 atom stereocenters. The zero-order valence-corrected chi connectivity index (χ0v) is 11.6. The number of hydrogen-bond acceptors (Lipinski definition) is 4. The highest BCUT2D eigenvalue weighted by Gasteiger charge is 2.18. The summed E-state index contributed by atoms with van der Waals surface area (Å²) in [7, 11) is 0. The third-order valence-corrected chi connectivity index (χ3v) is 3.27. The molecule has 3 nitrogen and oxygen atoms in total. The van der Waals surface area contributed by atoms with E-state index in [2.05, 4.69) is 16.8 Å². The van der Waals surface area contributed by atoms with Crippen LogP contribution in [0.1, 0.15) is 6.42 Å². The summed E-state index contributed by atoms with van der Waals surface area (Å²) in [6.07, 6.45) is 2.41. The maximum absolute atomic E-state index is 6.00. The fourth-order valence-electron chi connectivity index (χ4n) is 1.83. The molecule has 1 N–H and O–H groups in total. The van der Waals surface area contributed by atoms with Crippen LogP contribution in [-0.4, -0.2) is 24.9 Å². The number of thiocarbonyl (C=S) groups is 1. The minimum Gasteiger partial charge on any atom is -0.483 e. The number of fused-ring (bicyclic) bond motifs is 1. The molecule has 96 valence electrons. The molecular weight excluding hydrogens is 268 g/mol. The second kappa shape index (κ2) is 6.07. The minimum absolute atomic E-state index is 0.472. The van der Waals surface area contributed by atoms with Gasteiger partial charge in [-0.3, -0.25) is 0 Å². The SMILES string of the molecule is C=CCOC(=S)CCN1CNc2ccc(Cl)cc21. The third-order valence-electron chi connectivity index (χ3n) is 2.71. The van der Waals surface area contributed by atoms with Gasteiger partial charge in [-0.2, -0.15) is 0 Å². The lowest BCUT2D eigenvalue weighted by Gasteiger charge is -2.18. The van der Waals surface area contributed by atoms with Gasteiger partial charge in [-0.15, -0.1) is 0 Å². The summed E-state index contributed by atoms with van der Waals surface area (Å²) in [4.78, 5) is 2.20. The molecule has 0 bridgehead atoms. The van der Waals surface area contributed by atoms with Crippen LogP contribution < -0.4 is 10.2 Å². The van der Waals surface area contributed by atoms with Crippen LogP contribution in [0.15, 0.2) is 30.9 Å². The van der Waals surface area contributed by atoms with Crippen LogP contribution in [0.3, 0.4) is 0 Å². The van der Waals surface area contributed by atoms with Crippen molar-refractivity contribution in [2.75, 3.05) is 30.0 Å². The van der Waals surface area contributed by atoms with Crippen molar-refractivity contribution >= 4 is 40.2 Å². The number of nitrogens with one attached hydrogen (secondary N) is 1. The van der Waals surface area contributed by atoms with Crippen molar-refractivity contribution in [1.82, 2.24) is 0 Å². The van der Waals surface area contributed by atoms with Gasteiger partial charge in [0.05, 0.1) is 18.0 Å². The van der Waals surface area contributed by atoms with Crippen molar-refractivity contribution < 1.29 is 4.74 Å². The molecule has 1 aliphatic rings. The van der Waals surface area contributed by atoms with Gasteiger partial charge in [-0.1, -0.05) is 24.3 Å². The Balaban J connectivity index is 1.91. The average molecular weight is 283 g/mol. The first kappa shape index (κ1) is 13.2. The molecule has 1 aromatic rings. The summed E-state index contributed by atoms with van der Waals surface area (Å²) in [6.45, 7) is 5.66. The number of ether oxygens (including phenoxy) is 1. The van der Waals surface area contributed by atoms with Gasteiger partial charge < -0.3 is 15.0 Å². The molecule has 18 heavy (non-hydrogen) atoms. The fraction of sp³-hybridized carbons (Fsp3) is 0.308. The van der Waals surface area contributed by atoms with E-state index >= 15 is 0 Å². The number of nitrogens with zero attached hydrogens (tertiary/aromatic N) is 1. The van der Waals surface area contributed by atoms with Crippen molar-refractivity contribution in [3.63, 3.8) is 0 Å². The molecule has 0 radical (unpaired) electrons. The van der Waals surface area contributed by atoms with Crippen LogP contribution in [0, 0.1) is 0 Å². The Labute approximate surface area is 117 Å². The summed E-state index contributed by atoms with van der Waals surface area (Å²) in [6, 6.07) is 5.84. The standard InChI is InChI=1S/C13H15ClN2OS/c1-2-7-17-13(18)5-6-16-9-15-11-4-3-10(14)8-12(11)16/h2-4,8,15H,1,5-7,9H2. The van der Waals surface area contributed by atoms with E-state index in [-0.39, 0.29) is 0 Å². The molecular formula is C13H15ClN2OS. The first-order chi connectivity index (χ1) is 8.70. The Bertz CT molecular complexity index is 464. The Morgan fingerprint density at radius 3 is 3.22 bits per heavy atom. The van der Waals surface area contributed by atoms with E-state index in [0.29, 0.717) is 11.7 Å². The molecule has 0 saturated heterocycles. The molecule has 0 aliphatic carbocycles. The topological polar surface area (TPSA) is 24.5 Å². The first-order valence-corrected chi connectivity index (χ1v) is 6.54. The summed E-state index contributed by atoms with van der Waals surface area (Å²) in [5, 5.41) is 4.67. The third kappa shape index (κ3) is 3.15. The van der Waals surface area contributed by atoms with Gasteiger partial charge in [0.2, 0.25) is 0 Å². The van der Waals surface area contributed by atoms with Crippen molar-refractivity contribution in [1.29, 1.82) is 0 Å². The number of hydrogen-bond donors (Lipinski definition) is 1. The average Bonchev–Trinajstić information content (AvgIpc) is 2.76. The molecule has 1 aliphatic heterocycles. The summed E-state index contributed by atoms with van der Waals surface area (Å²) in [5.41, 5.74) is 2.23. The predicted molar refractivity (Wildman–Crippen MR) is 80.7 cm³/mol. The van der Waals surface area contributed by atoms with Crippen molar-refractivity contribution in [2.45, 2.75) is 6.42 Å². The second-order valence-corrected chi connectivity index (χ2v) is 4.87. The van der Waals surface area contributed by atoms with E-state index in [1.165, 1.54) is 0 Å². The van der Waals surface area contributed by atoms with Gasteiger partial charge in [0.1, 0.15) is 6.61 Å². The maximum atomic E-state index is 6.00. The zero-order valence-electron chi connectivity index (χ0n) is 9.99. The largest absolute Gasteiger partial charge is 0.483 e. The highest BCUT2D eigenvalue weighted by atomic mass is 35.5. The molecule has 1 heterocycles. The van der Waals surface area contributed by atoms with Gasteiger partial charge in [0.15, 0.2) is 5.05 Å². The highest BCUT2D eigenvalue weighted by Crippen LogP contribution is 2.33. The van der Waals surface area contributed by atoms with Crippen molar-refractivity contribution in [3.05, 3.63) is 35.9 Å². The van der Waals surface area contributed by atoms with Crippen LogP contribution in [0.25, 0.3) is 0 Å². The first-order valence-electron chi connectivity index (χ1n) is 5.75. The molecule has 0 amide bonds. The fourth-order valence-corrected chi connectivity index (χ4v) is 2.16. The molecule has 0 aromatic heterocycles. The Hall–Kier alpha value is -1.26. The number of rotatable bonds is 5. The van der Waals surface area contributed by atoms with E-state index in [1.807, 2.05) is 18.2 Å². The smallest absolute Gasteiger partial charge is 0.161 e. The monoisotopic (exact) mass is 282 g/mol. The lowest BCUT2D eigenvalue weighted by atomic mass is 10.2. The summed E-state index contributed by atoms with van der Waals surface area (Å²) >= 11 is 11.1. The lowest BCUT2D eigenvalue weighted by Crippen LogP contribution is -2.25. The summed E-state index contributed by atoms with van der Waals surface area (Å²) < 4.78 is 5.30. The predicted octanol–water partition coefficient (Wildman–Crippen LogP) is 3.45. The Morgan fingerprint density at radius 1 is 1.61 bits per heavy atom. The molecule has 2 rings (SSSR count). The normalized spacial score (nSPS) is 12.8. The molecule has 0 spiro atoms. The van der Waals surface area contributed by atoms with Crippen LogP contribution >= 0.6 is 23.8 Å². The van der Waals surface area contributed by atoms with Gasteiger partial charge in [0, 0.05) is 18.0 Å². The quantitative estimate of drug-likeness (QED) is 0.660. The molecule has 0 saturated carbocycles. The van der Waals surface area contributed by atoms with Gasteiger partial charge in [0.25, 0.3) is 0 Å². The summed E-state index contributed by atoms with van der Waals surface area (Å²) in [5.74, 6) is 0. The lowest BCUT2D eigenvalue weighted by molar-refractivity contribution is 0.350. The Morgan fingerprint density at radius 2 is 2.44 bits per heavy atom.